The average Bonchev–Trinajstić information content (AvgIpc) is 2.39. The van der Waals surface area contributed by atoms with Crippen LogP contribution < -0.4 is 29.6 Å². The van der Waals surface area contributed by atoms with Crippen LogP contribution in [0.1, 0.15) is 21.5 Å². The molecule has 0 fully saturated rings. The number of ketones is 1. The summed E-state index contributed by atoms with van der Waals surface area (Å²) in [5.41, 5.74) is 0.237. The minimum Gasteiger partial charge on any atom is -0.748 e. The van der Waals surface area contributed by atoms with Crippen LogP contribution in [0.15, 0.2) is 42.5 Å². The third kappa shape index (κ3) is 5.15. The predicted molar refractivity (Wildman–Crippen MR) is 74.7 cm³/mol. The van der Waals surface area contributed by atoms with Crippen molar-refractivity contribution in [2.24, 2.45) is 0 Å². The van der Waals surface area contributed by atoms with Gasteiger partial charge in [0.15, 0.2) is 5.78 Å². The second kappa shape index (κ2) is 7.68. The maximum Gasteiger partial charge on any atom is 1.00 e. The SMILES string of the molecule is O=C(c1ccc(F)cc1)c1cc(Cl)ccc1CS(=O)(=O)[O-].[Na+]. The Morgan fingerprint density at radius 2 is 1.73 bits per heavy atom. The summed E-state index contributed by atoms with van der Waals surface area (Å²) in [6, 6.07) is 8.76. The largest absolute Gasteiger partial charge is 1.00 e. The van der Waals surface area contributed by atoms with Gasteiger partial charge in [0.2, 0.25) is 0 Å². The van der Waals surface area contributed by atoms with Crippen LogP contribution in [0.5, 0.6) is 0 Å². The van der Waals surface area contributed by atoms with Gasteiger partial charge in [-0.25, -0.2) is 12.8 Å². The van der Waals surface area contributed by atoms with Crippen LogP contribution in [0.2, 0.25) is 5.02 Å². The Hall–Kier alpha value is -0.760. The van der Waals surface area contributed by atoms with Crippen LogP contribution in [0, 0.1) is 5.82 Å². The standard InChI is InChI=1S/C14H10ClFO4S.Na/c15-11-4-1-10(8-21(18,19)20)13(7-11)14(17)9-2-5-12(16)6-3-9;/h1-7H,8H2,(H,18,19,20);/q;+1/p-1. The molecular formula is C14H9ClFNaO4S. The number of hydrogen-bond acceptors (Lipinski definition) is 4. The van der Waals surface area contributed by atoms with Crippen LogP contribution in [-0.4, -0.2) is 18.8 Å². The van der Waals surface area contributed by atoms with Gasteiger partial charge >= 0.3 is 29.6 Å². The van der Waals surface area contributed by atoms with E-state index >= 15 is 0 Å². The Kier molecular flexibility index (Phi) is 6.73. The second-order valence-electron chi connectivity index (χ2n) is 4.34. The molecule has 2 aromatic rings. The van der Waals surface area contributed by atoms with Gasteiger partial charge in [0.1, 0.15) is 5.82 Å². The van der Waals surface area contributed by atoms with Crippen molar-refractivity contribution in [2.45, 2.75) is 5.75 Å². The Morgan fingerprint density at radius 3 is 2.27 bits per heavy atom. The van der Waals surface area contributed by atoms with Crippen molar-refractivity contribution in [1.82, 2.24) is 0 Å². The third-order valence-electron chi connectivity index (χ3n) is 2.76. The van der Waals surface area contributed by atoms with Crippen LogP contribution in [0.3, 0.4) is 0 Å². The molecular weight excluding hydrogens is 342 g/mol. The monoisotopic (exact) mass is 350 g/mol. The summed E-state index contributed by atoms with van der Waals surface area (Å²) < 4.78 is 45.5. The summed E-state index contributed by atoms with van der Waals surface area (Å²) in [6.45, 7) is 0. The average molecular weight is 351 g/mol. The summed E-state index contributed by atoms with van der Waals surface area (Å²) in [5.74, 6) is -1.84. The summed E-state index contributed by atoms with van der Waals surface area (Å²) in [7, 11) is -4.54. The van der Waals surface area contributed by atoms with Gasteiger partial charge in [-0.3, -0.25) is 4.79 Å². The number of hydrogen-bond donors (Lipinski definition) is 0. The maximum absolute atomic E-state index is 12.9. The minimum absolute atomic E-state index is 0. The van der Waals surface area contributed by atoms with E-state index in [1.54, 1.807) is 0 Å². The maximum atomic E-state index is 12.9. The van der Waals surface area contributed by atoms with Gasteiger partial charge in [-0.2, -0.15) is 0 Å². The molecule has 0 bridgehead atoms. The van der Waals surface area contributed by atoms with Gasteiger partial charge in [0.05, 0.1) is 15.9 Å². The molecule has 0 heterocycles. The van der Waals surface area contributed by atoms with E-state index in [4.69, 9.17) is 11.6 Å². The fraction of sp³-hybridized carbons (Fsp3) is 0.0714. The first kappa shape index (κ1) is 19.3. The third-order valence-corrected chi connectivity index (χ3v) is 3.65. The van der Waals surface area contributed by atoms with E-state index in [-0.39, 0.29) is 51.3 Å². The van der Waals surface area contributed by atoms with Crippen LogP contribution in [0.25, 0.3) is 0 Å². The Morgan fingerprint density at radius 1 is 1.14 bits per heavy atom. The van der Waals surface area contributed by atoms with Crippen molar-refractivity contribution in [2.75, 3.05) is 0 Å². The molecule has 4 nitrogen and oxygen atoms in total. The zero-order chi connectivity index (χ0) is 15.6. The van der Waals surface area contributed by atoms with E-state index in [0.717, 1.165) is 12.1 Å². The van der Waals surface area contributed by atoms with Gasteiger partial charge in [0.25, 0.3) is 0 Å². The smallest absolute Gasteiger partial charge is 0.748 e. The van der Waals surface area contributed by atoms with E-state index in [2.05, 4.69) is 0 Å². The zero-order valence-electron chi connectivity index (χ0n) is 11.5. The van der Waals surface area contributed by atoms with Gasteiger partial charge in [-0.05, 0) is 42.0 Å². The first-order chi connectivity index (χ1) is 9.76. The van der Waals surface area contributed by atoms with Gasteiger partial charge in [0, 0.05) is 16.1 Å². The normalized spacial score (nSPS) is 10.9. The Labute approximate surface area is 154 Å². The number of carbonyl (C=O) groups is 1. The first-order valence-electron chi connectivity index (χ1n) is 5.78. The second-order valence-corrected chi connectivity index (χ2v) is 6.18. The molecule has 0 aliphatic carbocycles. The first-order valence-corrected chi connectivity index (χ1v) is 7.74. The molecule has 0 unspecified atom stereocenters. The number of rotatable bonds is 4. The van der Waals surface area contributed by atoms with E-state index in [9.17, 15) is 22.2 Å². The van der Waals surface area contributed by atoms with Crippen molar-refractivity contribution >= 4 is 27.5 Å². The number of carbonyl (C=O) groups excluding carboxylic acids is 1. The molecule has 0 amide bonds. The zero-order valence-corrected chi connectivity index (χ0v) is 15.1. The number of benzene rings is 2. The van der Waals surface area contributed by atoms with E-state index in [1.807, 2.05) is 0 Å². The van der Waals surface area contributed by atoms with Crippen molar-refractivity contribution in [3.05, 3.63) is 70.0 Å². The molecule has 22 heavy (non-hydrogen) atoms. The fourth-order valence-electron chi connectivity index (χ4n) is 1.83. The van der Waals surface area contributed by atoms with E-state index in [1.165, 1.54) is 30.3 Å². The molecule has 110 valence electrons. The number of halogens is 2. The molecule has 0 spiro atoms. The van der Waals surface area contributed by atoms with E-state index in [0.29, 0.717) is 0 Å². The molecule has 0 saturated heterocycles. The van der Waals surface area contributed by atoms with Gasteiger partial charge in [-0.1, -0.05) is 17.7 Å². The molecule has 2 rings (SSSR count). The molecule has 0 atom stereocenters. The van der Waals surface area contributed by atoms with Gasteiger partial charge < -0.3 is 4.55 Å². The van der Waals surface area contributed by atoms with Crippen LogP contribution in [0.4, 0.5) is 4.39 Å². The van der Waals surface area contributed by atoms with Crippen LogP contribution >= 0.6 is 11.6 Å². The van der Waals surface area contributed by atoms with Crippen molar-refractivity contribution in [1.29, 1.82) is 0 Å². The fourth-order valence-corrected chi connectivity index (χ4v) is 2.64. The summed E-state index contributed by atoms with van der Waals surface area (Å²) in [6.07, 6.45) is 0. The van der Waals surface area contributed by atoms with E-state index < -0.39 is 27.5 Å². The molecule has 0 aliphatic heterocycles. The van der Waals surface area contributed by atoms with Crippen LogP contribution in [-0.2, 0) is 15.9 Å². The summed E-state index contributed by atoms with van der Waals surface area (Å²) in [5, 5.41) is 0.229. The Bertz CT molecular complexity index is 791. The molecule has 2 aromatic carbocycles. The predicted octanol–water partition coefficient (Wildman–Crippen LogP) is -0.241. The van der Waals surface area contributed by atoms with Gasteiger partial charge in [-0.15, -0.1) is 0 Å². The summed E-state index contributed by atoms with van der Waals surface area (Å²) in [4.78, 5) is 12.3. The summed E-state index contributed by atoms with van der Waals surface area (Å²) >= 11 is 5.81. The van der Waals surface area contributed by atoms with Crippen molar-refractivity contribution in [3.63, 3.8) is 0 Å². The van der Waals surface area contributed by atoms with Crippen molar-refractivity contribution < 1.29 is 51.7 Å². The van der Waals surface area contributed by atoms with Crippen molar-refractivity contribution in [3.8, 4) is 0 Å². The Balaban J connectivity index is 0.00000242. The topological polar surface area (TPSA) is 74.3 Å². The quantitative estimate of drug-likeness (QED) is 0.433. The molecule has 0 N–H and O–H groups in total. The minimum atomic E-state index is -4.54. The molecule has 0 aliphatic rings. The molecule has 0 aromatic heterocycles. The molecule has 8 heteroatoms. The molecule has 0 radical (unpaired) electrons. The molecule has 0 saturated carbocycles.